The second kappa shape index (κ2) is 6.92. The molecular formula is C13H20N2O4. The molecule has 0 fully saturated rings. The summed E-state index contributed by atoms with van der Waals surface area (Å²) >= 11 is 0. The van der Waals surface area contributed by atoms with Crippen LogP contribution in [0.15, 0.2) is 10.6 Å². The van der Waals surface area contributed by atoms with Gasteiger partial charge < -0.3 is 14.9 Å². The standard InChI is InChI=1S/C13H20N2O4/c1-8(2)4-10(6-13(17)18)14-12(16)7-11-5-9(3)15-19-11/h5,8,10H,4,6-7H2,1-3H3,(H,14,16)(H,17,18)/t10-/m0/s1. The zero-order chi connectivity index (χ0) is 14.4. The van der Waals surface area contributed by atoms with Gasteiger partial charge in [-0.2, -0.15) is 0 Å². The summed E-state index contributed by atoms with van der Waals surface area (Å²) in [5.41, 5.74) is 0.715. The van der Waals surface area contributed by atoms with E-state index in [0.717, 1.165) is 0 Å². The van der Waals surface area contributed by atoms with Gasteiger partial charge in [0.25, 0.3) is 0 Å². The highest BCUT2D eigenvalue weighted by Gasteiger charge is 2.18. The van der Waals surface area contributed by atoms with Crippen LogP contribution in [0.25, 0.3) is 0 Å². The third-order valence-electron chi connectivity index (χ3n) is 2.55. The van der Waals surface area contributed by atoms with E-state index in [1.54, 1.807) is 13.0 Å². The Morgan fingerprint density at radius 1 is 1.47 bits per heavy atom. The molecule has 6 heteroatoms. The van der Waals surface area contributed by atoms with Gasteiger partial charge in [0, 0.05) is 12.1 Å². The van der Waals surface area contributed by atoms with Crippen molar-refractivity contribution in [2.75, 3.05) is 0 Å². The molecule has 0 radical (unpaired) electrons. The second-order valence-corrected chi connectivity index (χ2v) is 5.10. The molecule has 19 heavy (non-hydrogen) atoms. The number of carbonyl (C=O) groups is 2. The molecule has 1 aromatic rings. The van der Waals surface area contributed by atoms with Crippen LogP contribution in [0.5, 0.6) is 0 Å². The second-order valence-electron chi connectivity index (χ2n) is 5.10. The molecular weight excluding hydrogens is 248 g/mol. The van der Waals surface area contributed by atoms with Crippen LogP contribution in [-0.2, 0) is 16.0 Å². The molecule has 0 aromatic carbocycles. The Kier molecular flexibility index (Phi) is 5.54. The van der Waals surface area contributed by atoms with E-state index in [1.165, 1.54) is 0 Å². The van der Waals surface area contributed by atoms with Crippen LogP contribution in [0.2, 0.25) is 0 Å². The Balaban J connectivity index is 2.52. The number of carboxylic acids is 1. The van der Waals surface area contributed by atoms with Gasteiger partial charge >= 0.3 is 5.97 Å². The van der Waals surface area contributed by atoms with Crippen LogP contribution in [0.4, 0.5) is 0 Å². The molecule has 0 saturated carbocycles. The van der Waals surface area contributed by atoms with Crippen LogP contribution < -0.4 is 5.32 Å². The van der Waals surface area contributed by atoms with E-state index in [4.69, 9.17) is 9.63 Å². The predicted molar refractivity (Wildman–Crippen MR) is 68.6 cm³/mol. The summed E-state index contributed by atoms with van der Waals surface area (Å²) in [6.45, 7) is 5.75. The van der Waals surface area contributed by atoms with Crippen molar-refractivity contribution in [2.45, 2.75) is 46.1 Å². The minimum atomic E-state index is -0.915. The molecule has 1 amide bonds. The number of hydrogen-bond acceptors (Lipinski definition) is 4. The van der Waals surface area contributed by atoms with Gasteiger partial charge in [-0.1, -0.05) is 19.0 Å². The first-order valence-electron chi connectivity index (χ1n) is 6.30. The van der Waals surface area contributed by atoms with Gasteiger partial charge in [-0.05, 0) is 19.3 Å². The van der Waals surface area contributed by atoms with E-state index in [2.05, 4.69) is 10.5 Å². The van der Waals surface area contributed by atoms with Crippen LogP contribution in [0, 0.1) is 12.8 Å². The quantitative estimate of drug-likeness (QED) is 0.782. The van der Waals surface area contributed by atoms with Gasteiger partial charge in [0.15, 0.2) is 0 Å². The van der Waals surface area contributed by atoms with E-state index >= 15 is 0 Å². The monoisotopic (exact) mass is 268 g/mol. The largest absolute Gasteiger partial charge is 0.481 e. The number of carboxylic acid groups (broad SMARTS) is 1. The van der Waals surface area contributed by atoms with Crippen molar-refractivity contribution < 1.29 is 19.2 Å². The highest BCUT2D eigenvalue weighted by atomic mass is 16.5. The average molecular weight is 268 g/mol. The van der Waals surface area contributed by atoms with E-state index in [9.17, 15) is 9.59 Å². The van der Waals surface area contributed by atoms with Crippen molar-refractivity contribution in [1.29, 1.82) is 0 Å². The lowest BCUT2D eigenvalue weighted by Gasteiger charge is -2.18. The zero-order valence-electron chi connectivity index (χ0n) is 11.5. The van der Waals surface area contributed by atoms with Gasteiger partial charge in [-0.3, -0.25) is 9.59 Å². The molecule has 6 nitrogen and oxygen atoms in total. The number of aryl methyl sites for hydroxylation is 1. The highest BCUT2D eigenvalue weighted by molar-refractivity contribution is 5.79. The summed E-state index contributed by atoms with van der Waals surface area (Å²) < 4.78 is 4.95. The lowest BCUT2D eigenvalue weighted by atomic mass is 10.0. The maximum absolute atomic E-state index is 11.8. The van der Waals surface area contributed by atoms with E-state index < -0.39 is 5.97 Å². The smallest absolute Gasteiger partial charge is 0.305 e. The molecule has 1 heterocycles. The lowest BCUT2D eigenvalue weighted by molar-refractivity contribution is -0.137. The zero-order valence-corrected chi connectivity index (χ0v) is 11.5. The van der Waals surface area contributed by atoms with Crippen LogP contribution in [-0.4, -0.2) is 28.2 Å². The summed E-state index contributed by atoms with van der Waals surface area (Å²) in [7, 11) is 0. The minimum absolute atomic E-state index is 0.0701. The molecule has 0 unspecified atom stereocenters. The number of rotatable bonds is 7. The van der Waals surface area contributed by atoms with Crippen molar-refractivity contribution >= 4 is 11.9 Å². The van der Waals surface area contributed by atoms with Crippen molar-refractivity contribution in [3.05, 3.63) is 17.5 Å². The number of aliphatic carboxylic acids is 1. The van der Waals surface area contributed by atoms with Crippen LogP contribution in [0.3, 0.4) is 0 Å². The highest BCUT2D eigenvalue weighted by Crippen LogP contribution is 2.09. The first kappa shape index (κ1) is 15.2. The summed E-state index contributed by atoms with van der Waals surface area (Å²) in [5, 5.41) is 15.2. The molecule has 0 saturated heterocycles. The van der Waals surface area contributed by atoms with Gasteiger partial charge in [0.2, 0.25) is 5.91 Å². The molecule has 2 N–H and O–H groups in total. The van der Waals surface area contributed by atoms with Crippen molar-refractivity contribution in [3.8, 4) is 0 Å². The normalized spacial score (nSPS) is 12.4. The Morgan fingerprint density at radius 2 is 2.16 bits per heavy atom. The Bertz CT molecular complexity index is 440. The molecule has 0 aliphatic rings. The van der Waals surface area contributed by atoms with Gasteiger partial charge in [0.1, 0.15) is 5.76 Å². The SMILES string of the molecule is Cc1cc(CC(=O)N[C@H](CC(=O)O)CC(C)C)on1. The van der Waals surface area contributed by atoms with Crippen molar-refractivity contribution in [1.82, 2.24) is 10.5 Å². The summed E-state index contributed by atoms with van der Waals surface area (Å²) in [6, 6.07) is 1.34. The summed E-state index contributed by atoms with van der Waals surface area (Å²) in [6.07, 6.45) is 0.641. The van der Waals surface area contributed by atoms with E-state index in [0.29, 0.717) is 23.8 Å². The fourth-order valence-corrected chi connectivity index (χ4v) is 1.91. The number of aromatic nitrogens is 1. The van der Waals surface area contributed by atoms with E-state index in [1.807, 2.05) is 13.8 Å². The molecule has 0 aliphatic carbocycles. The van der Waals surface area contributed by atoms with Crippen molar-refractivity contribution in [2.24, 2.45) is 5.92 Å². The summed E-state index contributed by atoms with van der Waals surface area (Å²) in [5.74, 6) is -0.365. The van der Waals surface area contributed by atoms with E-state index in [-0.39, 0.29) is 24.8 Å². The number of amides is 1. The Morgan fingerprint density at radius 3 is 2.63 bits per heavy atom. The maximum atomic E-state index is 11.8. The minimum Gasteiger partial charge on any atom is -0.481 e. The first-order chi connectivity index (χ1) is 8.86. The molecule has 0 bridgehead atoms. The van der Waals surface area contributed by atoms with Crippen molar-refractivity contribution in [3.63, 3.8) is 0 Å². The Labute approximate surface area is 112 Å². The van der Waals surface area contributed by atoms with Gasteiger partial charge in [-0.15, -0.1) is 0 Å². The molecule has 0 aliphatic heterocycles. The molecule has 106 valence electrons. The number of nitrogens with zero attached hydrogens (tertiary/aromatic N) is 1. The van der Waals surface area contributed by atoms with Gasteiger partial charge in [0.05, 0.1) is 18.5 Å². The molecule has 1 atom stereocenters. The maximum Gasteiger partial charge on any atom is 0.305 e. The predicted octanol–water partition coefficient (Wildman–Crippen LogP) is 1.53. The number of nitrogens with one attached hydrogen (secondary N) is 1. The fraction of sp³-hybridized carbons (Fsp3) is 0.615. The third-order valence-corrected chi connectivity index (χ3v) is 2.55. The van der Waals surface area contributed by atoms with Crippen LogP contribution >= 0.6 is 0 Å². The fourth-order valence-electron chi connectivity index (χ4n) is 1.91. The Hall–Kier alpha value is -1.85. The third kappa shape index (κ3) is 6.03. The summed E-state index contributed by atoms with van der Waals surface area (Å²) in [4.78, 5) is 22.6. The lowest BCUT2D eigenvalue weighted by Crippen LogP contribution is -2.38. The number of carbonyl (C=O) groups excluding carboxylic acids is 1. The molecule has 1 aromatic heterocycles. The number of hydrogen-bond donors (Lipinski definition) is 2. The first-order valence-corrected chi connectivity index (χ1v) is 6.30. The molecule has 0 spiro atoms. The van der Waals surface area contributed by atoms with Gasteiger partial charge in [-0.25, -0.2) is 0 Å². The average Bonchev–Trinajstić information content (AvgIpc) is 2.61. The van der Waals surface area contributed by atoms with Crippen LogP contribution in [0.1, 0.15) is 38.1 Å². The topological polar surface area (TPSA) is 92.4 Å². The molecule has 1 rings (SSSR count).